The van der Waals surface area contributed by atoms with Crippen molar-refractivity contribution in [3.8, 4) is 86.2 Å². The minimum atomic E-state index is -0.364. The Hall–Kier alpha value is -7.02. The van der Waals surface area contributed by atoms with Crippen LogP contribution >= 0.6 is 0 Å². The first-order valence-electron chi connectivity index (χ1n) is 22.2. The second-order valence-corrected chi connectivity index (χ2v) is 17.9. The molecular formula is C51H67N3O15. The summed E-state index contributed by atoms with van der Waals surface area (Å²) >= 11 is 0. The Morgan fingerprint density at radius 2 is 0.420 bits per heavy atom. The van der Waals surface area contributed by atoms with Gasteiger partial charge in [0.15, 0.2) is 0 Å². The summed E-state index contributed by atoms with van der Waals surface area (Å²) in [6.45, 7) is 15.0. The Bertz CT molecular complexity index is 2570. The van der Waals surface area contributed by atoms with Gasteiger partial charge < -0.3 is 75.9 Å². The highest BCUT2D eigenvalue weighted by Crippen LogP contribution is 2.47. The van der Waals surface area contributed by atoms with Gasteiger partial charge in [0.05, 0.1) is 42.0 Å². The highest BCUT2D eigenvalue weighted by molar-refractivity contribution is 5.64. The highest BCUT2D eigenvalue weighted by Gasteiger charge is 2.29. The SMILES string of the molecule is COc1c(C)c(O)c(C)c(O)c1CN(CCN(CCN(Cc1c(O)c(C)c(O)c(C)c1O)Cc1c(O)c(C)c(O)c(C)c1OC)Cc1c(O)c(C)c(O)c(C)c1O)Cc1c(O)c(C)c(O)c(C)c1O. The fourth-order valence-electron chi connectivity index (χ4n) is 9.01. The zero-order valence-corrected chi connectivity index (χ0v) is 41.3. The van der Waals surface area contributed by atoms with Gasteiger partial charge in [0.25, 0.3) is 0 Å². The maximum Gasteiger partial charge on any atom is 0.133 e. The Morgan fingerprint density at radius 3 is 0.652 bits per heavy atom. The number of aromatic hydroxyl groups is 13. The Kier molecular flexibility index (Phi) is 15.9. The fourth-order valence-corrected chi connectivity index (χ4v) is 9.01. The van der Waals surface area contributed by atoms with Crippen molar-refractivity contribution in [3.63, 3.8) is 0 Å². The van der Waals surface area contributed by atoms with Crippen LogP contribution < -0.4 is 9.47 Å². The summed E-state index contributed by atoms with van der Waals surface area (Å²) in [6, 6.07) is 0. The molecule has 0 spiro atoms. The summed E-state index contributed by atoms with van der Waals surface area (Å²) in [6.07, 6.45) is 0. The van der Waals surface area contributed by atoms with E-state index in [1.54, 1.807) is 37.5 Å². The molecule has 376 valence electrons. The van der Waals surface area contributed by atoms with Gasteiger partial charge in [-0.1, -0.05) is 0 Å². The van der Waals surface area contributed by atoms with Gasteiger partial charge in [-0.2, -0.15) is 0 Å². The predicted molar refractivity (Wildman–Crippen MR) is 258 cm³/mol. The maximum atomic E-state index is 11.5. The Balaban J connectivity index is 1.67. The van der Waals surface area contributed by atoms with E-state index in [0.717, 1.165) is 0 Å². The van der Waals surface area contributed by atoms with Crippen molar-refractivity contribution in [1.82, 2.24) is 14.7 Å². The van der Waals surface area contributed by atoms with Gasteiger partial charge in [0.2, 0.25) is 0 Å². The van der Waals surface area contributed by atoms with Crippen molar-refractivity contribution in [1.29, 1.82) is 0 Å². The van der Waals surface area contributed by atoms with E-state index in [2.05, 4.69) is 0 Å². The summed E-state index contributed by atoms with van der Waals surface area (Å²) < 4.78 is 11.4. The maximum absolute atomic E-state index is 11.5. The molecule has 0 saturated carbocycles. The predicted octanol–water partition coefficient (Wildman–Crippen LogP) is 7.17. The van der Waals surface area contributed by atoms with Gasteiger partial charge in [-0.3, -0.25) is 14.7 Å². The first kappa shape index (κ1) is 52.9. The molecule has 0 aliphatic carbocycles. The number of benzene rings is 5. The molecule has 5 aromatic rings. The van der Waals surface area contributed by atoms with Crippen LogP contribution in [0.25, 0.3) is 0 Å². The second kappa shape index (κ2) is 20.7. The molecule has 5 rings (SSSR count). The van der Waals surface area contributed by atoms with Crippen LogP contribution in [0.2, 0.25) is 0 Å². The molecule has 0 aliphatic rings. The van der Waals surface area contributed by atoms with Gasteiger partial charge in [-0.05, 0) is 69.2 Å². The van der Waals surface area contributed by atoms with Crippen LogP contribution in [0.15, 0.2) is 0 Å². The first-order chi connectivity index (χ1) is 32.2. The van der Waals surface area contributed by atoms with E-state index in [0.29, 0.717) is 11.1 Å². The topological polar surface area (TPSA) is 291 Å². The number of methoxy groups -OCH3 is 2. The molecule has 0 atom stereocenters. The normalized spacial score (nSPS) is 11.7. The van der Waals surface area contributed by atoms with Crippen LogP contribution in [0.5, 0.6) is 86.2 Å². The minimum absolute atomic E-state index is 0.0682. The van der Waals surface area contributed by atoms with Crippen molar-refractivity contribution in [2.75, 3.05) is 40.4 Å². The molecule has 0 amide bonds. The van der Waals surface area contributed by atoms with E-state index in [1.165, 1.54) is 55.8 Å². The average molecular weight is 962 g/mol. The molecule has 0 heterocycles. The third kappa shape index (κ3) is 9.82. The van der Waals surface area contributed by atoms with Gasteiger partial charge >= 0.3 is 0 Å². The van der Waals surface area contributed by atoms with Crippen molar-refractivity contribution < 1.29 is 75.9 Å². The molecule has 0 aromatic heterocycles. The van der Waals surface area contributed by atoms with Gasteiger partial charge in [0.1, 0.15) is 86.2 Å². The third-order valence-corrected chi connectivity index (χ3v) is 13.7. The van der Waals surface area contributed by atoms with Crippen molar-refractivity contribution in [2.24, 2.45) is 0 Å². The van der Waals surface area contributed by atoms with E-state index < -0.39 is 0 Å². The lowest BCUT2D eigenvalue weighted by molar-refractivity contribution is 0.152. The van der Waals surface area contributed by atoms with E-state index in [9.17, 15) is 66.4 Å². The molecule has 13 N–H and O–H groups in total. The Labute approximate surface area is 401 Å². The third-order valence-electron chi connectivity index (χ3n) is 13.7. The number of hydrogen-bond acceptors (Lipinski definition) is 18. The summed E-state index contributed by atoms with van der Waals surface area (Å²) in [5, 5.41) is 145. The fraction of sp³-hybridized carbons (Fsp3) is 0.412. The number of phenolic OH excluding ortho intramolecular Hbond substituents is 13. The smallest absolute Gasteiger partial charge is 0.133 e. The van der Waals surface area contributed by atoms with Gasteiger partial charge in [0, 0.05) is 115 Å². The summed E-state index contributed by atoms with van der Waals surface area (Å²) in [7, 11) is 2.78. The number of phenols is 13. The number of rotatable bonds is 18. The molecular weight excluding hydrogens is 895 g/mol. The van der Waals surface area contributed by atoms with E-state index >= 15 is 0 Å². The molecule has 18 nitrogen and oxygen atoms in total. The number of hydrogen-bond donors (Lipinski definition) is 13. The molecule has 0 radical (unpaired) electrons. The minimum Gasteiger partial charge on any atom is -0.507 e. The first-order valence-corrected chi connectivity index (χ1v) is 22.2. The van der Waals surface area contributed by atoms with Crippen molar-refractivity contribution in [2.45, 2.75) is 102 Å². The largest absolute Gasteiger partial charge is 0.507 e. The lowest BCUT2D eigenvalue weighted by Gasteiger charge is -2.32. The molecule has 0 unspecified atom stereocenters. The van der Waals surface area contributed by atoms with Crippen molar-refractivity contribution >= 4 is 0 Å². The van der Waals surface area contributed by atoms with Crippen LogP contribution in [0.1, 0.15) is 83.5 Å². The number of nitrogens with zero attached hydrogens (tertiary/aromatic N) is 3. The molecule has 5 aromatic carbocycles. The zero-order valence-electron chi connectivity index (χ0n) is 41.3. The van der Waals surface area contributed by atoms with E-state index in [4.69, 9.17) is 9.47 Å². The van der Waals surface area contributed by atoms with Crippen LogP contribution in [-0.2, 0) is 32.7 Å². The van der Waals surface area contributed by atoms with E-state index in [1.807, 2.05) is 4.90 Å². The highest BCUT2D eigenvalue weighted by atomic mass is 16.5. The lowest BCUT2D eigenvalue weighted by atomic mass is 9.99. The van der Waals surface area contributed by atoms with Crippen LogP contribution in [0.4, 0.5) is 0 Å². The average Bonchev–Trinajstić information content (AvgIpc) is 3.33. The Morgan fingerprint density at radius 1 is 0.246 bits per heavy atom. The quantitative estimate of drug-likeness (QED) is 0.0414. The molecule has 0 fully saturated rings. The lowest BCUT2D eigenvalue weighted by Crippen LogP contribution is -2.39. The molecule has 0 aliphatic heterocycles. The monoisotopic (exact) mass is 961 g/mol. The van der Waals surface area contributed by atoms with Crippen LogP contribution in [-0.4, -0.2) is 121 Å². The van der Waals surface area contributed by atoms with Crippen LogP contribution in [0.3, 0.4) is 0 Å². The molecule has 18 heteroatoms. The summed E-state index contributed by atoms with van der Waals surface area (Å²) in [5.41, 5.74) is 2.61. The van der Waals surface area contributed by atoms with Gasteiger partial charge in [-0.25, -0.2) is 0 Å². The second-order valence-electron chi connectivity index (χ2n) is 17.9. The molecule has 0 saturated heterocycles. The summed E-state index contributed by atoms with van der Waals surface area (Å²) in [4.78, 5) is 5.40. The van der Waals surface area contributed by atoms with Crippen molar-refractivity contribution in [3.05, 3.63) is 83.5 Å². The van der Waals surface area contributed by atoms with Crippen LogP contribution in [0, 0.1) is 69.2 Å². The zero-order chi connectivity index (χ0) is 51.8. The molecule has 69 heavy (non-hydrogen) atoms. The van der Waals surface area contributed by atoms with Gasteiger partial charge in [-0.15, -0.1) is 0 Å². The van der Waals surface area contributed by atoms with E-state index in [-0.39, 0.29) is 217 Å². The molecule has 0 bridgehead atoms. The number of ether oxygens (including phenoxy) is 2. The standard InChI is InChI=1S/C51H67N3O15/c1-22-37(55)23(2)43(61)32(42(22)60)17-52(13-15-53(18-33-44(62)24(3)38(56)25(4)45(33)63)20-35-48(66)28(7)40(58)30(9)50(35)68-11)14-16-54(19-34-46(64)26(5)39(57)27(6)47(34)65)21-36-49(67)29(8)41(59)31(10)51(36)69-12/h55-67H,13-21H2,1-12H3. The summed E-state index contributed by atoms with van der Waals surface area (Å²) in [5.74, 6) is -3.53.